The predicted octanol–water partition coefficient (Wildman–Crippen LogP) is -0.527. The van der Waals surface area contributed by atoms with Crippen LogP contribution in [0.4, 0.5) is 0 Å². The van der Waals surface area contributed by atoms with Gasteiger partial charge in [-0.15, -0.1) is 0 Å². The van der Waals surface area contributed by atoms with Crippen molar-refractivity contribution in [3.8, 4) is 0 Å². The molecule has 4 rings (SSSR count). The van der Waals surface area contributed by atoms with Gasteiger partial charge in [0, 0.05) is 39.1 Å². The Morgan fingerprint density at radius 1 is 1.03 bits per heavy atom. The Kier molecular flexibility index (Phi) is 6.21. The number of piperidine rings is 1. The SMILES string of the molecule is O=C1CCC(N2C(=O)c3ccc(CNCCN4CCCNCC4)cc3C2=O)C(=O)N1. The third-order valence-corrected chi connectivity index (χ3v) is 5.87. The van der Waals surface area contributed by atoms with Crippen molar-refractivity contribution in [3.05, 3.63) is 34.9 Å². The lowest BCUT2D eigenvalue weighted by Crippen LogP contribution is -2.54. The molecule has 1 aromatic carbocycles. The molecule has 0 aromatic heterocycles. The number of imide groups is 2. The molecular formula is C21H27N5O4. The molecule has 1 aromatic rings. The highest BCUT2D eigenvalue weighted by atomic mass is 16.2. The van der Waals surface area contributed by atoms with Crippen LogP contribution in [0.3, 0.4) is 0 Å². The zero-order chi connectivity index (χ0) is 21.1. The molecule has 1 unspecified atom stereocenters. The van der Waals surface area contributed by atoms with E-state index in [1.807, 2.05) is 6.07 Å². The first-order chi connectivity index (χ1) is 14.5. The molecule has 2 saturated heterocycles. The monoisotopic (exact) mass is 413 g/mol. The van der Waals surface area contributed by atoms with Crippen molar-refractivity contribution in [1.29, 1.82) is 0 Å². The lowest BCUT2D eigenvalue weighted by atomic mass is 10.0. The minimum Gasteiger partial charge on any atom is -0.315 e. The maximum atomic E-state index is 12.9. The summed E-state index contributed by atoms with van der Waals surface area (Å²) >= 11 is 0. The normalized spacial score (nSPS) is 22.8. The van der Waals surface area contributed by atoms with E-state index in [1.165, 1.54) is 0 Å². The van der Waals surface area contributed by atoms with Crippen molar-refractivity contribution >= 4 is 23.6 Å². The molecule has 0 spiro atoms. The Balaban J connectivity index is 1.36. The number of carbonyl (C=O) groups is 4. The van der Waals surface area contributed by atoms with Crippen LogP contribution in [0.15, 0.2) is 18.2 Å². The van der Waals surface area contributed by atoms with Gasteiger partial charge < -0.3 is 15.5 Å². The summed E-state index contributed by atoms with van der Waals surface area (Å²) in [4.78, 5) is 52.5. The Hall–Kier alpha value is -2.62. The summed E-state index contributed by atoms with van der Waals surface area (Å²) in [7, 11) is 0. The average molecular weight is 413 g/mol. The van der Waals surface area contributed by atoms with E-state index in [0.717, 1.165) is 56.2 Å². The second kappa shape index (κ2) is 9.03. The number of hydrogen-bond acceptors (Lipinski definition) is 7. The van der Waals surface area contributed by atoms with Gasteiger partial charge in [-0.3, -0.25) is 29.4 Å². The summed E-state index contributed by atoms with van der Waals surface area (Å²) in [6, 6.07) is 4.28. The highest BCUT2D eigenvalue weighted by Gasteiger charge is 2.44. The van der Waals surface area contributed by atoms with Crippen LogP contribution >= 0.6 is 0 Å². The molecular weight excluding hydrogens is 386 g/mol. The van der Waals surface area contributed by atoms with E-state index >= 15 is 0 Å². The number of carbonyl (C=O) groups excluding carboxylic acids is 4. The Morgan fingerprint density at radius 3 is 2.70 bits per heavy atom. The number of fused-ring (bicyclic) bond motifs is 1. The third kappa shape index (κ3) is 4.28. The summed E-state index contributed by atoms with van der Waals surface area (Å²) in [5.74, 6) is -1.91. The van der Waals surface area contributed by atoms with Crippen molar-refractivity contribution in [2.75, 3.05) is 39.3 Å². The largest absolute Gasteiger partial charge is 0.315 e. The summed E-state index contributed by atoms with van der Waals surface area (Å²) in [5, 5.41) is 9.00. The van der Waals surface area contributed by atoms with Crippen LogP contribution in [-0.4, -0.2) is 78.7 Å². The zero-order valence-electron chi connectivity index (χ0n) is 16.9. The maximum absolute atomic E-state index is 12.9. The van der Waals surface area contributed by atoms with Gasteiger partial charge in [0.2, 0.25) is 11.8 Å². The molecule has 4 amide bonds. The third-order valence-electron chi connectivity index (χ3n) is 5.87. The summed E-state index contributed by atoms with van der Waals surface area (Å²) in [6.07, 6.45) is 1.44. The molecule has 0 saturated carbocycles. The van der Waals surface area contributed by atoms with Gasteiger partial charge in [-0.1, -0.05) is 6.07 Å². The van der Waals surface area contributed by atoms with Crippen LogP contribution in [-0.2, 0) is 16.1 Å². The molecule has 0 radical (unpaired) electrons. The van der Waals surface area contributed by atoms with E-state index in [0.29, 0.717) is 17.7 Å². The van der Waals surface area contributed by atoms with Gasteiger partial charge in [-0.2, -0.15) is 0 Å². The van der Waals surface area contributed by atoms with Gasteiger partial charge in [0.1, 0.15) is 6.04 Å². The lowest BCUT2D eigenvalue weighted by Gasteiger charge is -2.27. The number of nitrogens with zero attached hydrogens (tertiary/aromatic N) is 2. The first-order valence-corrected chi connectivity index (χ1v) is 10.5. The van der Waals surface area contributed by atoms with Crippen LogP contribution in [0.2, 0.25) is 0 Å². The average Bonchev–Trinajstić information content (AvgIpc) is 2.90. The molecule has 3 N–H and O–H groups in total. The predicted molar refractivity (Wildman–Crippen MR) is 109 cm³/mol. The lowest BCUT2D eigenvalue weighted by molar-refractivity contribution is -0.136. The van der Waals surface area contributed by atoms with Crippen molar-refractivity contribution in [2.45, 2.75) is 31.8 Å². The molecule has 30 heavy (non-hydrogen) atoms. The molecule has 0 bridgehead atoms. The second-order valence-corrected chi connectivity index (χ2v) is 7.95. The molecule has 2 fully saturated rings. The molecule has 3 aliphatic rings. The van der Waals surface area contributed by atoms with E-state index in [1.54, 1.807) is 12.1 Å². The fourth-order valence-corrected chi connectivity index (χ4v) is 4.22. The molecule has 9 heteroatoms. The highest BCUT2D eigenvalue weighted by molar-refractivity contribution is 6.23. The Morgan fingerprint density at radius 2 is 1.87 bits per heavy atom. The number of benzene rings is 1. The summed E-state index contributed by atoms with van der Waals surface area (Å²) < 4.78 is 0. The van der Waals surface area contributed by atoms with Crippen molar-refractivity contribution in [1.82, 2.24) is 25.8 Å². The number of rotatable bonds is 6. The van der Waals surface area contributed by atoms with E-state index in [4.69, 9.17) is 0 Å². The molecule has 3 aliphatic heterocycles. The molecule has 1 atom stereocenters. The number of amides is 4. The van der Waals surface area contributed by atoms with Crippen LogP contribution in [0, 0.1) is 0 Å². The standard InChI is InChI=1S/C21H27N5O4/c27-18-5-4-17(19(28)24-18)26-20(29)15-3-2-14(12-16(15)21(26)30)13-23-8-11-25-9-1-6-22-7-10-25/h2-3,12,17,22-23H,1,4-11,13H2,(H,24,27,28). The molecule has 9 nitrogen and oxygen atoms in total. The quantitative estimate of drug-likeness (QED) is 0.425. The second-order valence-electron chi connectivity index (χ2n) is 7.95. The van der Waals surface area contributed by atoms with Crippen molar-refractivity contribution in [2.24, 2.45) is 0 Å². The van der Waals surface area contributed by atoms with Gasteiger partial charge >= 0.3 is 0 Å². The van der Waals surface area contributed by atoms with Crippen molar-refractivity contribution in [3.63, 3.8) is 0 Å². The van der Waals surface area contributed by atoms with Crippen LogP contribution in [0.5, 0.6) is 0 Å². The van der Waals surface area contributed by atoms with Gasteiger partial charge in [0.15, 0.2) is 0 Å². The van der Waals surface area contributed by atoms with E-state index < -0.39 is 23.8 Å². The first-order valence-electron chi connectivity index (χ1n) is 10.5. The minimum atomic E-state index is -0.931. The van der Waals surface area contributed by atoms with E-state index in [9.17, 15) is 19.2 Å². The number of nitrogens with one attached hydrogen (secondary N) is 3. The fraction of sp³-hybridized carbons (Fsp3) is 0.524. The van der Waals surface area contributed by atoms with Gasteiger partial charge in [0.05, 0.1) is 11.1 Å². The van der Waals surface area contributed by atoms with E-state index in [-0.39, 0.29) is 18.7 Å². The smallest absolute Gasteiger partial charge is 0.262 e. The topological polar surface area (TPSA) is 111 Å². The molecule has 0 aliphatic carbocycles. The fourth-order valence-electron chi connectivity index (χ4n) is 4.22. The van der Waals surface area contributed by atoms with Crippen LogP contribution in [0.1, 0.15) is 45.5 Å². The molecule has 160 valence electrons. The van der Waals surface area contributed by atoms with Crippen LogP contribution < -0.4 is 16.0 Å². The zero-order valence-corrected chi connectivity index (χ0v) is 16.9. The van der Waals surface area contributed by atoms with Crippen molar-refractivity contribution < 1.29 is 19.2 Å². The maximum Gasteiger partial charge on any atom is 0.262 e. The van der Waals surface area contributed by atoms with E-state index in [2.05, 4.69) is 20.9 Å². The number of hydrogen-bond donors (Lipinski definition) is 3. The van der Waals surface area contributed by atoms with Gasteiger partial charge in [0.25, 0.3) is 11.8 Å². The van der Waals surface area contributed by atoms with Gasteiger partial charge in [-0.25, -0.2) is 0 Å². The summed E-state index contributed by atoms with van der Waals surface area (Å²) in [5.41, 5.74) is 1.55. The van der Waals surface area contributed by atoms with Gasteiger partial charge in [-0.05, 0) is 43.6 Å². The first kappa shape index (κ1) is 20.6. The highest BCUT2D eigenvalue weighted by Crippen LogP contribution is 2.28. The summed E-state index contributed by atoms with van der Waals surface area (Å²) in [6.45, 7) is 6.64. The molecule has 3 heterocycles. The minimum absolute atomic E-state index is 0.117. The Bertz CT molecular complexity index is 863. The van der Waals surface area contributed by atoms with Crippen LogP contribution in [0.25, 0.3) is 0 Å². The Labute approximate surface area is 175 Å².